The van der Waals surface area contributed by atoms with Gasteiger partial charge in [0.25, 0.3) is 0 Å². The molecule has 0 saturated carbocycles. The first-order valence-electron chi connectivity index (χ1n) is 5.18. The van der Waals surface area contributed by atoms with E-state index in [1.165, 1.54) is 0 Å². The molecule has 1 unspecified atom stereocenters. The van der Waals surface area contributed by atoms with E-state index in [4.69, 9.17) is 11.6 Å². The van der Waals surface area contributed by atoms with Crippen molar-refractivity contribution in [1.29, 1.82) is 0 Å². The van der Waals surface area contributed by atoms with Gasteiger partial charge in [0.05, 0.1) is 6.10 Å². The summed E-state index contributed by atoms with van der Waals surface area (Å²) < 4.78 is 0. The Morgan fingerprint density at radius 2 is 2.07 bits per heavy atom. The summed E-state index contributed by atoms with van der Waals surface area (Å²) in [6.07, 6.45) is -0.468. The Morgan fingerprint density at radius 1 is 1.40 bits per heavy atom. The van der Waals surface area contributed by atoms with Crippen LogP contribution in [0.2, 0.25) is 5.02 Å². The van der Waals surface area contributed by atoms with Gasteiger partial charge in [0, 0.05) is 17.6 Å². The number of aliphatic hydroxyl groups excluding tert-OH is 1. The first-order chi connectivity index (χ1) is 7.00. The zero-order valence-electron chi connectivity index (χ0n) is 9.42. The predicted molar refractivity (Wildman–Crippen MR) is 64.3 cm³/mol. The molecule has 2 nitrogen and oxygen atoms in total. The molecule has 0 fully saturated rings. The smallest absolute Gasteiger partial charge is 0.0917 e. The van der Waals surface area contributed by atoms with E-state index in [9.17, 15) is 5.11 Å². The Bertz CT molecular complexity index is 325. The fourth-order valence-corrected chi connectivity index (χ4v) is 1.70. The summed E-state index contributed by atoms with van der Waals surface area (Å²) in [6, 6.07) is 5.94. The minimum absolute atomic E-state index is 0.382. The SMILES string of the molecule is Cc1cc(Cl)ccc1C(O)CNC(C)C. The minimum Gasteiger partial charge on any atom is -0.387 e. The van der Waals surface area contributed by atoms with Gasteiger partial charge in [0.1, 0.15) is 0 Å². The zero-order valence-corrected chi connectivity index (χ0v) is 10.2. The van der Waals surface area contributed by atoms with Crippen LogP contribution in [0.1, 0.15) is 31.1 Å². The Labute approximate surface area is 96.3 Å². The second-order valence-corrected chi connectivity index (χ2v) is 4.52. The van der Waals surface area contributed by atoms with Gasteiger partial charge in [-0.2, -0.15) is 0 Å². The van der Waals surface area contributed by atoms with Gasteiger partial charge in [0.2, 0.25) is 0 Å². The van der Waals surface area contributed by atoms with Crippen molar-refractivity contribution in [3.8, 4) is 0 Å². The third-order valence-corrected chi connectivity index (χ3v) is 2.55. The second kappa shape index (κ2) is 5.50. The lowest BCUT2D eigenvalue weighted by Crippen LogP contribution is -2.28. The summed E-state index contributed by atoms with van der Waals surface area (Å²) >= 11 is 5.85. The summed E-state index contributed by atoms with van der Waals surface area (Å²) in [5, 5.41) is 13.8. The Morgan fingerprint density at radius 3 is 2.60 bits per heavy atom. The average Bonchev–Trinajstić information content (AvgIpc) is 2.14. The van der Waals surface area contributed by atoms with Crippen LogP contribution in [0, 0.1) is 6.92 Å². The van der Waals surface area contributed by atoms with Crippen molar-refractivity contribution in [2.45, 2.75) is 32.9 Å². The van der Waals surface area contributed by atoms with Gasteiger partial charge in [0.15, 0.2) is 0 Å². The molecule has 0 heterocycles. The summed E-state index contributed by atoms with van der Waals surface area (Å²) in [4.78, 5) is 0. The van der Waals surface area contributed by atoms with Crippen molar-refractivity contribution in [2.24, 2.45) is 0 Å². The van der Waals surface area contributed by atoms with Crippen molar-refractivity contribution in [2.75, 3.05) is 6.54 Å². The van der Waals surface area contributed by atoms with E-state index >= 15 is 0 Å². The maximum Gasteiger partial charge on any atom is 0.0917 e. The average molecular weight is 228 g/mol. The molecule has 84 valence electrons. The van der Waals surface area contributed by atoms with Crippen molar-refractivity contribution in [1.82, 2.24) is 5.32 Å². The monoisotopic (exact) mass is 227 g/mol. The van der Waals surface area contributed by atoms with Crippen LogP contribution >= 0.6 is 11.6 Å². The number of hydrogen-bond donors (Lipinski definition) is 2. The molecule has 1 rings (SSSR count). The quantitative estimate of drug-likeness (QED) is 0.829. The van der Waals surface area contributed by atoms with Crippen LogP contribution < -0.4 is 5.32 Å². The van der Waals surface area contributed by atoms with Crippen molar-refractivity contribution in [3.05, 3.63) is 34.3 Å². The van der Waals surface area contributed by atoms with E-state index in [2.05, 4.69) is 19.2 Å². The molecule has 0 amide bonds. The van der Waals surface area contributed by atoms with Crippen LogP contribution in [0.25, 0.3) is 0 Å². The highest BCUT2D eigenvalue weighted by molar-refractivity contribution is 6.30. The molecular weight excluding hydrogens is 210 g/mol. The summed E-state index contributed by atoms with van der Waals surface area (Å²) in [5.74, 6) is 0. The number of halogens is 1. The second-order valence-electron chi connectivity index (χ2n) is 4.08. The lowest BCUT2D eigenvalue weighted by Gasteiger charge is -2.16. The molecule has 15 heavy (non-hydrogen) atoms. The number of hydrogen-bond acceptors (Lipinski definition) is 2. The highest BCUT2D eigenvalue weighted by atomic mass is 35.5. The van der Waals surface area contributed by atoms with E-state index < -0.39 is 6.10 Å². The van der Waals surface area contributed by atoms with Crippen LogP contribution in [0.4, 0.5) is 0 Å². The lowest BCUT2D eigenvalue weighted by molar-refractivity contribution is 0.171. The normalized spacial score (nSPS) is 13.2. The van der Waals surface area contributed by atoms with E-state index in [1.54, 1.807) is 0 Å². The van der Waals surface area contributed by atoms with Crippen LogP contribution in [0.15, 0.2) is 18.2 Å². The maximum absolute atomic E-state index is 9.94. The Kier molecular flexibility index (Phi) is 4.58. The highest BCUT2D eigenvalue weighted by Crippen LogP contribution is 2.20. The van der Waals surface area contributed by atoms with Gasteiger partial charge in [-0.05, 0) is 30.2 Å². The standard InChI is InChI=1S/C12H18ClNO/c1-8(2)14-7-12(15)11-5-4-10(13)6-9(11)3/h4-6,8,12,14-15H,7H2,1-3H3. The van der Waals surface area contributed by atoms with Gasteiger partial charge in [-0.25, -0.2) is 0 Å². The number of aliphatic hydroxyl groups is 1. The first-order valence-corrected chi connectivity index (χ1v) is 5.56. The van der Waals surface area contributed by atoms with E-state index in [0.29, 0.717) is 17.6 Å². The molecule has 0 aliphatic rings. The van der Waals surface area contributed by atoms with Gasteiger partial charge >= 0.3 is 0 Å². The van der Waals surface area contributed by atoms with Crippen LogP contribution in [-0.2, 0) is 0 Å². The topological polar surface area (TPSA) is 32.3 Å². The lowest BCUT2D eigenvalue weighted by atomic mass is 10.0. The fourth-order valence-electron chi connectivity index (χ4n) is 1.47. The molecule has 2 N–H and O–H groups in total. The molecular formula is C12H18ClNO. The van der Waals surface area contributed by atoms with Crippen LogP contribution in [0.5, 0.6) is 0 Å². The highest BCUT2D eigenvalue weighted by Gasteiger charge is 2.10. The molecule has 0 aromatic heterocycles. The number of rotatable bonds is 4. The van der Waals surface area contributed by atoms with E-state index in [-0.39, 0.29) is 0 Å². The first kappa shape index (κ1) is 12.5. The third-order valence-electron chi connectivity index (χ3n) is 2.31. The molecule has 3 heteroatoms. The largest absolute Gasteiger partial charge is 0.387 e. The summed E-state index contributed by atoms with van der Waals surface area (Å²) in [7, 11) is 0. The molecule has 1 aromatic rings. The Balaban J connectivity index is 2.69. The molecule has 0 spiro atoms. The van der Waals surface area contributed by atoms with Crippen LogP contribution in [-0.4, -0.2) is 17.7 Å². The third kappa shape index (κ3) is 3.82. The molecule has 0 saturated heterocycles. The van der Waals surface area contributed by atoms with Crippen molar-refractivity contribution in [3.63, 3.8) is 0 Å². The minimum atomic E-state index is -0.468. The molecule has 0 radical (unpaired) electrons. The van der Waals surface area contributed by atoms with Crippen LogP contribution in [0.3, 0.4) is 0 Å². The summed E-state index contributed by atoms with van der Waals surface area (Å²) in [6.45, 7) is 6.64. The van der Waals surface area contributed by atoms with Gasteiger partial charge in [-0.3, -0.25) is 0 Å². The number of nitrogens with one attached hydrogen (secondary N) is 1. The number of aryl methyl sites for hydroxylation is 1. The van der Waals surface area contributed by atoms with Gasteiger partial charge in [-0.15, -0.1) is 0 Å². The van der Waals surface area contributed by atoms with E-state index in [0.717, 1.165) is 11.1 Å². The van der Waals surface area contributed by atoms with Crippen molar-refractivity contribution < 1.29 is 5.11 Å². The molecule has 1 atom stereocenters. The molecule has 0 aliphatic carbocycles. The van der Waals surface area contributed by atoms with Gasteiger partial charge < -0.3 is 10.4 Å². The van der Waals surface area contributed by atoms with E-state index in [1.807, 2.05) is 25.1 Å². The zero-order chi connectivity index (χ0) is 11.4. The molecule has 0 bridgehead atoms. The van der Waals surface area contributed by atoms with Crippen molar-refractivity contribution >= 4 is 11.6 Å². The predicted octanol–water partition coefficient (Wildman–Crippen LogP) is 2.68. The molecule has 1 aromatic carbocycles. The summed E-state index contributed by atoms with van der Waals surface area (Å²) in [5.41, 5.74) is 1.97. The number of benzene rings is 1. The maximum atomic E-state index is 9.94. The van der Waals surface area contributed by atoms with Gasteiger partial charge in [-0.1, -0.05) is 31.5 Å². The fraction of sp³-hybridized carbons (Fsp3) is 0.500. The Hall–Kier alpha value is -0.570. The molecule has 0 aliphatic heterocycles.